The van der Waals surface area contributed by atoms with Crippen molar-refractivity contribution in [1.82, 2.24) is 29.7 Å². The normalized spacial score (nSPS) is 16.6. The molecule has 3 N–H and O–H groups in total. The Morgan fingerprint density at radius 3 is 2.34 bits per heavy atom. The van der Waals surface area contributed by atoms with E-state index in [1.807, 2.05) is 44.5 Å². The topological polar surface area (TPSA) is 107 Å². The van der Waals surface area contributed by atoms with Crippen molar-refractivity contribution in [2.45, 2.75) is 72.0 Å². The first-order valence-electron chi connectivity index (χ1n) is 17.1. The van der Waals surface area contributed by atoms with Crippen molar-refractivity contribution in [3.8, 4) is 11.1 Å². The highest BCUT2D eigenvalue weighted by molar-refractivity contribution is 5.99. The summed E-state index contributed by atoms with van der Waals surface area (Å²) < 4.78 is 3.74. The van der Waals surface area contributed by atoms with Gasteiger partial charge in [-0.3, -0.25) is 18.7 Å². The SMILES string of the molecule is CCN(c1cc(-c2ccc3c(c2)n(C)c(=O)n3C2CCN(C)CC2)cc(C(=O)NCc2c(C)cc(C)[nH]c2=O)c1C)C1CCNCC1. The van der Waals surface area contributed by atoms with Crippen molar-refractivity contribution in [3.63, 3.8) is 0 Å². The quantitative estimate of drug-likeness (QED) is 0.264. The van der Waals surface area contributed by atoms with Gasteiger partial charge >= 0.3 is 5.69 Å². The minimum absolute atomic E-state index is 0.0146. The number of benzene rings is 2. The minimum Gasteiger partial charge on any atom is -0.368 e. The molecule has 4 heterocycles. The number of aromatic nitrogens is 3. The molecular weight excluding hydrogens is 590 g/mol. The predicted molar refractivity (Wildman–Crippen MR) is 190 cm³/mol. The molecule has 2 aromatic heterocycles. The summed E-state index contributed by atoms with van der Waals surface area (Å²) >= 11 is 0. The lowest BCUT2D eigenvalue weighted by Crippen LogP contribution is -2.43. The highest BCUT2D eigenvalue weighted by Crippen LogP contribution is 2.35. The van der Waals surface area contributed by atoms with Crippen molar-refractivity contribution >= 4 is 22.6 Å². The smallest absolute Gasteiger partial charge is 0.329 e. The molecule has 10 nitrogen and oxygen atoms in total. The van der Waals surface area contributed by atoms with E-state index in [0.717, 1.165) is 103 Å². The van der Waals surface area contributed by atoms with Crippen LogP contribution in [0.15, 0.2) is 46.0 Å². The Morgan fingerprint density at radius 1 is 0.936 bits per heavy atom. The van der Waals surface area contributed by atoms with Crippen LogP contribution in [0.5, 0.6) is 0 Å². The summed E-state index contributed by atoms with van der Waals surface area (Å²) in [5.74, 6) is -0.215. The van der Waals surface area contributed by atoms with Crippen LogP contribution in [0.1, 0.15) is 71.4 Å². The van der Waals surface area contributed by atoms with E-state index in [1.54, 1.807) is 4.57 Å². The zero-order chi connectivity index (χ0) is 33.4. The molecule has 0 saturated carbocycles. The zero-order valence-electron chi connectivity index (χ0n) is 28.7. The van der Waals surface area contributed by atoms with Gasteiger partial charge in [0.2, 0.25) is 0 Å². The van der Waals surface area contributed by atoms with E-state index < -0.39 is 0 Å². The molecule has 2 saturated heterocycles. The highest BCUT2D eigenvalue weighted by Gasteiger charge is 2.26. The highest BCUT2D eigenvalue weighted by atomic mass is 16.2. The Kier molecular flexibility index (Phi) is 9.43. The van der Waals surface area contributed by atoms with E-state index in [2.05, 4.69) is 63.7 Å². The second-order valence-corrected chi connectivity index (χ2v) is 13.5. The summed E-state index contributed by atoms with van der Waals surface area (Å²) in [6.07, 6.45) is 3.98. The monoisotopic (exact) mass is 639 g/mol. The van der Waals surface area contributed by atoms with Crippen molar-refractivity contribution in [2.24, 2.45) is 7.05 Å². The van der Waals surface area contributed by atoms with E-state index in [4.69, 9.17) is 0 Å². The van der Waals surface area contributed by atoms with Crippen molar-refractivity contribution in [2.75, 3.05) is 44.7 Å². The van der Waals surface area contributed by atoms with Crippen molar-refractivity contribution in [3.05, 3.63) is 85.2 Å². The van der Waals surface area contributed by atoms with Crippen LogP contribution in [0.25, 0.3) is 22.2 Å². The first-order chi connectivity index (χ1) is 22.6. The van der Waals surface area contributed by atoms with Gasteiger partial charge in [0.15, 0.2) is 0 Å². The number of amides is 1. The van der Waals surface area contributed by atoms with Crippen LogP contribution in [0.2, 0.25) is 0 Å². The van der Waals surface area contributed by atoms with E-state index in [-0.39, 0.29) is 29.7 Å². The number of carbonyl (C=O) groups excluding carboxylic acids is 1. The standard InChI is InChI=1S/C37H49N7O3/c1-7-43(28-10-14-38-15-11-28)33-21-27(19-30(25(33)4)35(45)39-22-31-23(2)18-24(3)40-36(31)46)26-8-9-32-34(20-26)42(6)37(47)44(32)29-12-16-41(5)17-13-29/h8-9,18-21,28-29,38H,7,10-17,22H2,1-6H3,(H,39,45)(H,40,46). The summed E-state index contributed by atoms with van der Waals surface area (Å²) in [5, 5.41) is 6.52. The molecule has 0 radical (unpaired) electrons. The molecule has 250 valence electrons. The third-order valence-corrected chi connectivity index (χ3v) is 10.4. The third-order valence-electron chi connectivity index (χ3n) is 10.4. The number of aromatic amines is 1. The van der Waals surface area contributed by atoms with Crippen LogP contribution in [0.4, 0.5) is 5.69 Å². The Balaban J connectivity index is 1.42. The molecule has 0 bridgehead atoms. The van der Waals surface area contributed by atoms with Crippen LogP contribution in [0.3, 0.4) is 0 Å². The lowest BCUT2D eigenvalue weighted by atomic mass is 9.94. The number of carbonyl (C=O) groups is 1. The first kappa shape index (κ1) is 32.8. The first-order valence-corrected chi connectivity index (χ1v) is 17.1. The van der Waals surface area contributed by atoms with Gasteiger partial charge in [-0.1, -0.05) is 6.07 Å². The van der Waals surface area contributed by atoms with Gasteiger partial charge < -0.3 is 25.4 Å². The number of fused-ring (bicyclic) bond motifs is 1. The van der Waals surface area contributed by atoms with Crippen LogP contribution in [-0.4, -0.2) is 70.7 Å². The van der Waals surface area contributed by atoms with E-state index >= 15 is 0 Å². The second kappa shape index (κ2) is 13.5. The van der Waals surface area contributed by atoms with Gasteiger partial charge in [-0.25, -0.2) is 4.79 Å². The van der Waals surface area contributed by atoms with Gasteiger partial charge in [0.1, 0.15) is 0 Å². The van der Waals surface area contributed by atoms with Crippen LogP contribution < -0.4 is 26.8 Å². The van der Waals surface area contributed by atoms with Gasteiger partial charge in [0, 0.05) is 54.7 Å². The molecule has 10 heteroatoms. The van der Waals surface area contributed by atoms with Crippen molar-refractivity contribution in [1.29, 1.82) is 0 Å². The molecule has 6 rings (SSSR count). The van der Waals surface area contributed by atoms with Crippen LogP contribution in [0, 0.1) is 20.8 Å². The molecule has 47 heavy (non-hydrogen) atoms. The number of rotatable bonds is 8. The maximum atomic E-state index is 14.0. The lowest BCUT2D eigenvalue weighted by Gasteiger charge is -2.37. The van der Waals surface area contributed by atoms with Gasteiger partial charge in [-0.05, 0) is 139 Å². The molecule has 2 aromatic carbocycles. The Bertz CT molecular complexity index is 1910. The van der Waals surface area contributed by atoms with E-state index in [9.17, 15) is 14.4 Å². The summed E-state index contributed by atoms with van der Waals surface area (Å²) in [4.78, 5) is 47.8. The summed E-state index contributed by atoms with van der Waals surface area (Å²) in [6.45, 7) is 12.8. The molecule has 0 aliphatic carbocycles. The number of hydrogen-bond acceptors (Lipinski definition) is 6. The van der Waals surface area contributed by atoms with Gasteiger partial charge in [-0.2, -0.15) is 0 Å². The number of pyridine rings is 1. The Hall–Kier alpha value is -4.15. The number of H-pyrrole nitrogens is 1. The third kappa shape index (κ3) is 6.41. The molecule has 1 amide bonds. The molecule has 0 unspecified atom stereocenters. The zero-order valence-corrected chi connectivity index (χ0v) is 28.7. The Morgan fingerprint density at radius 2 is 1.66 bits per heavy atom. The maximum Gasteiger partial charge on any atom is 0.329 e. The van der Waals surface area contributed by atoms with Gasteiger partial charge in [0.05, 0.1) is 11.0 Å². The number of likely N-dealkylation sites (tertiary alicyclic amines) is 1. The summed E-state index contributed by atoms with van der Waals surface area (Å²) in [6, 6.07) is 12.9. The van der Waals surface area contributed by atoms with Gasteiger partial charge in [-0.15, -0.1) is 0 Å². The van der Waals surface area contributed by atoms with E-state index in [1.165, 1.54) is 0 Å². The minimum atomic E-state index is -0.215. The predicted octanol–water partition coefficient (Wildman–Crippen LogP) is 4.40. The number of hydrogen-bond donors (Lipinski definition) is 3. The molecule has 0 atom stereocenters. The number of nitrogens with zero attached hydrogens (tertiary/aromatic N) is 4. The fourth-order valence-corrected chi connectivity index (χ4v) is 7.66. The molecule has 0 spiro atoms. The average Bonchev–Trinajstić information content (AvgIpc) is 3.31. The Labute approximate surface area is 276 Å². The van der Waals surface area contributed by atoms with Crippen LogP contribution >= 0.6 is 0 Å². The summed E-state index contributed by atoms with van der Waals surface area (Å²) in [7, 11) is 3.98. The molecule has 2 fully saturated rings. The maximum absolute atomic E-state index is 14.0. The van der Waals surface area contributed by atoms with E-state index in [0.29, 0.717) is 17.2 Å². The largest absolute Gasteiger partial charge is 0.368 e. The number of nitrogens with one attached hydrogen (secondary N) is 3. The summed E-state index contributed by atoms with van der Waals surface area (Å²) in [5.41, 5.74) is 8.31. The molecule has 2 aliphatic rings. The number of aryl methyl sites for hydroxylation is 3. The van der Waals surface area contributed by atoms with Gasteiger partial charge in [0.25, 0.3) is 11.5 Å². The number of piperidine rings is 2. The number of imidazole rings is 1. The lowest BCUT2D eigenvalue weighted by molar-refractivity contribution is 0.0950. The van der Waals surface area contributed by atoms with Crippen LogP contribution in [-0.2, 0) is 13.6 Å². The number of anilines is 1. The van der Waals surface area contributed by atoms with Crippen molar-refractivity contribution < 1.29 is 4.79 Å². The fraction of sp³-hybridized carbons (Fsp3) is 0.486. The molecule has 2 aliphatic heterocycles. The average molecular weight is 640 g/mol. The molecular formula is C37H49N7O3. The fourth-order valence-electron chi connectivity index (χ4n) is 7.66. The molecule has 4 aromatic rings. The second-order valence-electron chi connectivity index (χ2n) is 13.5.